The van der Waals surface area contributed by atoms with Crippen LogP contribution in [0.1, 0.15) is 13.3 Å². The van der Waals surface area contributed by atoms with Crippen molar-refractivity contribution in [2.75, 3.05) is 17.6 Å². The SMILES string of the molecule is CCCSc1nc2c(nnn2CCNC(=S)Nc2ccc(Br)cc2)c(=O)[nH]1. The molecule has 0 amide bonds. The Morgan fingerprint density at radius 1 is 1.37 bits per heavy atom. The summed E-state index contributed by atoms with van der Waals surface area (Å²) in [5, 5.41) is 15.3. The topological polar surface area (TPSA) is 101 Å². The molecule has 27 heavy (non-hydrogen) atoms. The Hall–Kier alpha value is -1.98. The van der Waals surface area contributed by atoms with Crippen LogP contribution in [-0.4, -0.2) is 42.4 Å². The molecule has 0 bridgehead atoms. The third-order valence-corrected chi connectivity index (χ3v) is 5.36. The van der Waals surface area contributed by atoms with Gasteiger partial charge in [-0.25, -0.2) is 9.67 Å². The van der Waals surface area contributed by atoms with E-state index in [0.29, 0.717) is 29.0 Å². The quantitative estimate of drug-likeness (QED) is 0.277. The molecule has 8 nitrogen and oxygen atoms in total. The van der Waals surface area contributed by atoms with Crippen LogP contribution in [0.25, 0.3) is 11.2 Å². The predicted octanol–water partition coefficient (Wildman–Crippen LogP) is 2.77. The molecular formula is C16H18BrN7OS2. The number of hydrogen-bond donors (Lipinski definition) is 3. The number of aromatic nitrogens is 5. The molecule has 1 aromatic carbocycles. The molecule has 0 atom stereocenters. The maximum Gasteiger partial charge on any atom is 0.281 e. The number of anilines is 1. The number of nitrogens with one attached hydrogen (secondary N) is 3. The normalized spacial score (nSPS) is 10.9. The molecule has 0 spiro atoms. The van der Waals surface area contributed by atoms with Crippen LogP contribution in [-0.2, 0) is 6.54 Å². The molecule has 3 N–H and O–H groups in total. The second-order valence-corrected chi connectivity index (χ2v) is 8.00. The van der Waals surface area contributed by atoms with Gasteiger partial charge in [-0.15, -0.1) is 5.10 Å². The number of thioether (sulfide) groups is 1. The van der Waals surface area contributed by atoms with E-state index in [-0.39, 0.29) is 11.1 Å². The largest absolute Gasteiger partial charge is 0.361 e. The molecule has 0 aliphatic heterocycles. The number of fused-ring (bicyclic) bond motifs is 1. The smallest absolute Gasteiger partial charge is 0.281 e. The third kappa shape index (κ3) is 5.27. The van der Waals surface area contributed by atoms with Gasteiger partial charge < -0.3 is 10.6 Å². The van der Waals surface area contributed by atoms with E-state index < -0.39 is 0 Å². The van der Waals surface area contributed by atoms with Crippen molar-refractivity contribution in [3.8, 4) is 0 Å². The van der Waals surface area contributed by atoms with Crippen LogP contribution in [0.3, 0.4) is 0 Å². The van der Waals surface area contributed by atoms with Gasteiger partial charge in [-0.2, -0.15) is 0 Å². The predicted molar refractivity (Wildman–Crippen MR) is 115 cm³/mol. The molecule has 142 valence electrons. The molecule has 0 aliphatic rings. The van der Waals surface area contributed by atoms with E-state index in [1.54, 1.807) is 4.68 Å². The minimum Gasteiger partial charge on any atom is -0.361 e. The Balaban J connectivity index is 1.61. The fraction of sp³-hybridized carbons (Fsp3) is 0.312. The first-order valence-corrected chi connectivity index (χ1v) is 10.5. The van der Waals surface area contributed by atoms with Crippen LogP contribution in [0.2, 0.25) is 0 Å². The first-order valence-electron chi connectivity index (χ1n) is 8.33. The Bertz CT molecular complexity index is 987. The molecule has 2 aromatic heterocycles. The van der Waals surface area contributed by atoms with Crippen molar-refractivity contribution in [3.05, 3.63) is 39.1 Å². The molecule has 0 fully saturated rings. The zero-order valence-electron chi connectivity index (χ0n) is 14.5. The summed E-state index contributed by atoms with van der Waals surface area (Å²) in [6.45, 7) is 3.08. The number of halogens is 1. The van der Waals surface area contributed by atoms with Crippen molar-refractivity contribution < 1.29 is 0 Å². The molecule has 0 aliphatic carbocycles. The number of thiocarbonyl (C=S) groups is 1. The lowest BCUT2D eigenvalue weighted by molar-refractivity contribution is 0.592. The second kappa shape index (κ2) is 9.29. The maximum absolute atomic E-state index is 12.1. The van der Waals surface area contributed by atoms with E-state index in [1.807, 2.05) is 24.3 Å². The van der Waals surface area contributed by atoms with Gasteiger partial charge >= 0.3 is 0 Å². The van der Waals surface area contributed by atoms with Crippen LogP contribution in [0, 0.1) is 0 Å². The third-order valence-electron chi connectivity index (χ3n) is 3.51. The second-order valence-electron chi connectivity index (χ2n) is 5.59. The highest BCUT2D eigenvalue weighted by molar-refractivity contribution is 9.10. The number of hydrogen-bond acceptors (Lipinski definition) is 6. The Morgan fingerprint density at radius 2 is 2.15 bits per heavy atom. The van der Waals surface area contributed by atoms with Crippen molar-refractivity contribution in [3.63, 3.8) is 0 Å². The van der Waals surface area contributed by atoms with Crippen LogP contribution in [0.15, 0.2) is 38.7 Å². The molecule has 0 unspecified atom stereocenters. The van der Waals surface area contributed by atoms with E-state index in [0.717, 1.165) is 22.3 Å². The summed E-state index contributed by atoms with van der Waals surface area (Å²) in [5.74, 6) is 0.883. The molecule has 2 heterocycles. The lowest BCUT2D eigenvalue weighted by Gasteiger charge is -2.10. The summed E-state index contributed by atoms with van der Waals surface area (Å²) in [4.78, 5) is 19.3. The average Bonchev–Trinajstić information content (AvgIpc) is 3.05. The minimum absolute atomic E-state index is 0.242. The van der Waals surface area contributed by atoms with Gasteiger partial charge in [0.2, 0.25) is 0 Å². The van der Waals surface area contributed by atoms with E-state index >= 15 is 0 Å². The van der Waals surface area contributed by atoms with Gasteiger partial charge in [0.15, 0.2) is 21.4 Å². The number of H-pyrrole nitrogens is 1. The average molecular weight is 468 g/mol. The van der Waals surface area contributed by atoms with Gasteiger partial charge in [0, 0.05) is 22.5 Å². The van der Waals surface area contributed by atoms with Gasteiger partial charge in [0.05, 0.1) is 6.54 Å². The fourth-order valence-corrected chi connectivity index (χ4v) is 3.45. The van der Waals surface area contributed by atoms with Gasteiger partial charge in [0.1, 0.15) is 0 Å². The summed E-state index contributed by atoms with van der Waals surface area (Å²) in [6.07, 6.45) is 0.997. The van der Waals surface area contributed by atoms with E-state index in [9.17, 15) is 4.79 Å². The Morgan fingerprint density at radius 3 is 2.89 bits per heavy atom. The lowest BCUT2D eigenvalue weighted by Crippen LogP contribution is -2.31. The summed E-state index contributed by atoms with van der Waals surface area (Å²) < 4.78 is 2.61. The van der Waals surface area contributed by atoms with Gasteiger partial charge in [-0.1, -0.05) is 39.8 Å². The summed E-state index contributed by atoms with van der Waals surface area (Å²) in [5.41, 5.74) is 1.34. The van der Waals surface area contributed by atoms with Gasteiger partial charge in [-0.05, 0) is 42.9 Å². The molecule has 3 rings (SSSR count). The summed E-state index contributed by atoms with van der Waals surface area (Å²) in [7, 11) is 0. The maximum atomic E-state index is 12.1. The fourth-order valence-electron chi connectivity index (χ4n) is 2.25. The zero-order valence-corrected chi connectivity index (χ0v) is 17.7. The number of nitrogens with zero attached hydrogens (tertiary/aromatic N) is 4. The first kappa shape index (κ1) is 19.8. The standard InChI is InChI=1S/C16H18BrN7OS2/c1-2-9-27-16-20-13-12(14(25)21-16)22-23-24(13)8-7-18-15(26)19-11-5-3-10(17)4-6-11/h3-6H,2,7-9H2,1H3,(H2,18,19,26)(H,20,21,25). The van der Waals surface area contributed by atoms with E-state index in [2.05, 4.69) is 53.8 Å². The number of benzene rings is 1. The molecule has 0 radical (unpaired) electrons. The van der Waals surface area contributed by atoms with Crippen molar-refractivity contribution in [2.45, 2.75) is 25.0 Å². The van der Waals surface area contributed by atoms with Crippen molar-refractivity contribution in [1.82, 2.24) is 30.3 Å². The zero-order chi connectivity index (χ0) is 19.2. The highest BCUT2D eigenvalue weighted by Crippen LogP contribution is 2.15. The highest BCUT2D eigenvalue weighted by Gasteiger charge is 2.12. The van der Waals surface area contributed by atoms with Crippen LogP contribution >= 0.6 is 39.9 Å². The van der Waals surface area contributed by atoms with Crippen LogP contribution in [0.5, 0.6) is 0 Å². The van der Waals surface area contributed by atoms with E-state index in [4.69, 9.17) is 12.2 Å². The number of rotatable bonds is 7. The van der Waals surface area contributed by atoms with Gasteiger partial charge in [-0.3, -0.25) is 9.78 Å². The molecule has 3 aromatic rings. The summed E-state index contributed by atoms with van der Waals surface area (Å²) >= 11 is 10.2. The Kier molecular flexibility index (Phi) is 6.80. The monoisotopic (exact) mass is 467 g/mol. The van der Waals surface area contributed by atoms with Crippen molar-refractivity contribution in [2.24, 2.45) is 0 Å². The molecular weight excluding hydrogens is 450 g/mol. The number of aromatic amines is 1. The minimum atomic E-state index is -0.273. The highest BCUT2D eigenvalue weighted by atomic mass is 79.9. The van der Waals surface area contributed by atoms with Crippen molar-refractivity contribution >= 4 is 61.9 Å². The first-order chi connectivity index (χ1) is 13.1. The van der Waals surface area contributed by atoms with Crippen LogP contribution in [0.4, 0.5) is 5.69 Å². The molecule has 11 heteroatoms. The van der Waals surface area contributed by atoms with Crippen molar-refractivity contribution in [1.29, 1.82) is 0 Å². The molecule has 0 saturated carbocycles. The van der Waals surface area contributed by atoms with E-state index in [1.165, 1.54) is 11.8 Å². The van der Waals surface area contributed by atoms with Gasteiger partial charge in [0.25, 0.3) is 5.56 Å². The van der Waals surface area contributed by atoms with Crippen LogP contribution < -0.4 is 16.2 Å². The lowest BCUT2D eigenvalue weighted by atomic mass is 10.3. The molecule has 0 saturated heterocycles. The summed E-state index contributed by atoms with van der Waals surface area (Å²) in [6, 6.07) is 7.72. The Labute approximate surface area is 173 Å².